The first-order valence-electron chi connectivity index (χ1n) is 9.41. The molecule has 25 heavy (non-hydrogen) atoms. The van der Waals surface area contributed by atoms with Gasteiger partial charge in [-0.25, -0.2) is 0 Å². The summed E-state index contributed by atoms with van der Waals surface area (Å²) in [5, 5.41) is 9.16. The minimum Gasteiger partial charge on any atom is -0.342 e. The number of fused-ring (bicyclic) bond motifs is 1. The molecule has 2 heterocycles. The molecule has 1 aromatic heterocycles. The van der Waals surface area contributed by atoms with Crippen molar-refractivity contribution in [2.75, 3.05) is 13.1 Å². The van der Waals surface area contributed by atoms with Gasteiger partial charge in [-0.15, -0.1) is 0 Å². The summed E-state index contributed by atoms with van der Waals surface area (Å²) in [5.74, 6) is 1.71. The lowest BCUT2D eigenvalue weighted by Crippen LogP contribution is -2.44. The Bertz CT molecular complexity index is 759. The molecule has 2 aliphatic rings. The topological polar surface area (TPSA) is 77.0 Å². The van der Waals surface area contributed by atoms with Gasteiger partial charge in [0.25, 0.3) is 5.56 Å². The molecule has 1 aliphatic heterocycles. The van der Waals surface area contributed by atoms with E-state index >= 15 is 0 Å². The fourth-order valence-electron chi connectivity index (χ4n) is 4.64. The van der Waals surface area contributed by atoms with Crippen LogP contribution >= 0.6 is 0 Å². The maximum atomic E-state index is 12.7. The van der Waals surface area contributed by atoms with Gasteiger partial charge >= 0.3 is 0 Å². The predicted octanol–water partition coefficient (Wildman–Crippen LogP) is 2.83. The molecule has 0 aromatic carbocycles. The van der Waals surface area contributed by atoms with Crippen molar-refractivity contribution < 1.29 is 4.79 Å². The Morgan fingerprint density at radius 3 is 2.68 bits per heavy atom. The molecule has 0 unspecified atom stereocenters. The molecule has 1 N–H and O–H groups in total. The second-order valence-corrected chi connectivity index (χ2v) is 7.60. The molecule has 1 amide bonds. The molecule has 0 spiro atoms. The minimum atomic E-state index is -0.341. The van der Waals surface area contributed by atoms with E-state index < -0.39 is 0 Å². The molecule has 5 nitrogen and oxygen atoms in total. The highest BCUT2D eigenvalue weighted by atomic mass is 16.2. The smallest absolute Gasteiger partial charge is 0.266 e. The molecule has 3 rings (SSSR count). The Balaban J connectivity index is 1.65. The van der Waals surface area contributed by atoms with Crippen molar-refractivity contribution in [1.29, 1.82) is 5.26 Å². The molecule has 5 heteroatoms. The molecule has 2 fully saturated rings. The van der Waals surface area contributed by atoms with Gasteiger partial charge in [0.2, 0.25) is 5.91 Å². The van der Waals surface area contributed by atoms with Gasteiger partial charge in [-0.3, -0.25) is 9.59 Å². The summed E-state index contributed by atoms with van der Waals surface area (Å²) in [6.45, 7) is 5.43. The molecule has 1 aromatic rings. The second-order valence-electron chi connectivity index (χ2n) is 7.60. The molecule has 134 valence electrons. The average molecular weight is 341 g/mol. The van der Waals surface area contributed by atoms with Crippen LogP contribution in [0.2, 0.25) is 0 Å². The highest BCUT2D eigenvalue weighted by Gasteiger charge is 2.32. The van der Waals surface area contributed by atoms with Crippen LogP contribution < -0.4 is 5.56 Å². The van der Waals surface area contributed by atoms with Crippen molar-refractivity contribution in [3.05, 3.63) is 32.7 Å². The number of aromatic nitrogens is 1. The summed E-state index contributed by atoms with van der Waals surface area (Å²) in [6, 6.07) is 1.97. The summed E-state index contributed by atoms with van der Waals surface area (Å²) < 4.78 is 0. The van der Waals surface area contributed by atoms with Crippen LogP contribution in [0.4, 0.5) is 0 Å². The predicted molar refractivity (Wildman–Crippen MR) is 96.2 cm³/mol. The largest absolute Gasteiger partial charge is 0.342 e. The second kappa shape index (κ2) is 7.43. The molecule has 0 bridgehead atoms. The van der Waals surface area contributed by atoms with Crippen LogP contribution in [0.1, 0.15) is 60.9 Å². The molecular weight excluding hydrogens is 314 g/mol. The van der Waals surface area contributed by atoms with Crippen molar-refractivity contribution in [3.63, 3.8) is 0 Å². The van der Waals surface area contributed by atoms with Crippen LogP contribution in [0.3, 0.4) is 0 Å². The summed E-state index contributed by atoms with van der Waals surface area (Å²) in [4.78, 5) is 29.3. The van der Waals surface area contributed by atoms with Gasteiger partial charge < -0.3 is 9.88 Å². The van der Waals surface area contributed by atoms with Crippen molar-refractivity contribution in [2.24, 2.45) is 11.8 Å². The Labute approximate surface area is 149 Å². The van der Waals surface area contributed by atoms with E-state index in [9.17, 15) is 9.59 Å². The lowest BCUT2D eigenvalue weighted by molar-refractivity contribution is -0.134. The number of nitrogens with zero attached hydrogens (tertiary/aromatic N) is 2. The Morgan fingerprint density at radius 2 is 1.96 bits per heavy atom. The summed E-state index contributed by atoms with van der Waals surface area (Å²) in [5.41, 5.74) is 2.22. The van der Waals surface area contributed by atoms with Gasteiger partial charge in [0.15, 0.2) is 0 Å². The van der Waals surface area contributed by atoms with Crippen LogP contribution in [0.15, 0.2) is 4.79 Å². The van der Waals surface area contributed by atoms with Gasteiger partial charge in [0.1, 0.15) is 11.6 Å². The zero-order valence-electron chi connectivity index (χ0n) is 15.2. The first kappa shape index (κ1) is 17.7. The van der Waals surface area contributed by atoms with E-state index in [1.165, 1.54) is 25.7 Å². The monoisotopic (exact) mass is 341 g/mol. The van der Waals surface area contributed by atoms with Crippen molar-refractivity contribution in [1.82, 2.24) is 9.88 Å². The third-order valence-corrected chi connectivity index (χ3v) is 6.15. The number of nitrogens with one attached hydrogen (secondary N) is 1. The van der Waals surface area contributed by atoms with Gasteiger partial charge in [-0.1, -0.05) is 19.3 Å². The fourth-order valence-corrected chi connectivity index (χ4v) is 4.64. The van der Waals surface area contributed by atoms with Crippen LogP contribution in [-0.4, -0.2) is 28.9 Å². The zero-order chi connectivity index (χ0) is 18.0. The third-order valence-electron chi connectivity index (χ3n) is 6.15. The van der Waals surface area contributed by atoms with E-state index in [1.54, 1.807) is 6.92 Å². The van der Waals surface area contributed by atoms with Gasteiger partial charge in [0, 0.05) is 25.2 Å². The van der Waals surface area contributed by atoms with E-state index in [-0.39, 0.29) is 17.0 Å². The number of carbonyl (C=O) groups excluding carboxylic acids is 1. The van der Waals surface area contributed by atoms with Gasteiger partial charge in [-0.2, -0.15) is 5.26 Å². The van der Waals surface area contributed by atoms with E-state index in [0.29, 0.717) is 24.3 Å². The van der Waals surface area contributed by atoms with E-state index in [0.717, 1.165) is 36.7 Å². The molecular formula is C20H27N3O2. The number of carbonyl (C=O) groups is 1. The number of pyridine rings is 1. The van der Waals surface area contributed by atoms with E-state index in [2.05, 4.69) is 4.98 Å². The molecule has 1 saturated heterocycles. The Morgan fingerprint density at radius 1 is 1.24 bits per heavy atom. The highest BCUT2D eigenvalue weighted by Crippen LogP contribution is 2.36. The number of aromatic amines is 1. The Hall–Kier alpha value is -2.09. The maximum Gasteiger partial charge on any atom is 0.266 e. The summed E-state index contributed by atoms with van der Waals surface area (Å²) in [7, 11) is 0. The number of piperidine rings is 1. The van der Waals surface area contributed by atoms with Crippen LogP contribution in [0.5, 0.6) is 0 Å². The van der Waals surface area contributed by atoms with E-state index in [1.807, 2.05) is 17.9 Å². The van der Waals surface area contributed by atoms with Gasteiger partial charge in [-0.05, 0) is 56.1 Å². The number of nitriles is 1. The molecule has 2 atom stereocenters. The molecule has 1 saturated carbocycles. The van der Waals surface area contributed by atoms with Crippen molar-refractivity contribution in [2.45, 2.75) is 58.8 Å². The van der Waals surface area contributed by atoms with E-state index in [4.69, 9.17) is 5.26 Å². The van der Waals surface area contributed by atoms with Gasteiger partial charge in [0.05, 0.1) is 0 Å². The first-order chi connectivity index (χ1) is 12.0. The summed E-state index contributed by atoms with van der Waals surface area (Å²) in [6.07, 6.45) is 7.41. The van der Waals surface area contributed by atoms with Crippen LogP contribution in [-0.2, 0) is 11.2 Å². The number of H-pyrrole nitrogens is 1. The Kier molecular flexibility index (Phi) is 5.27. The lowest BCUT2D eigenvalue weighted by atomic mass is 9.75. The quantitative estimate of drug-likeness (QED) is 0.918. The fraction of sp³-hybridized carbons (Fsp3) is 0.650. The molecule has 0 radical (unpaired) electrons. The maximum absolute atomic E-state index is 12.7. The number of hydrogen-bond donors (Lipinski definition) is 1. The minimum absolute atomic E-state index is 0.163. The number of hydrogen-bond acceptors (Lipinski definition) is 3. The third kappa shape index (κ3) is 3.63. The highest BCUT2D eigenvalue weighted by molar-refractivity contribution is 5.76. The van der Waals surface area contributed by atoms with Crippen molar-refractivity contribution >= 4 is 5.91 Å². The zero-order valence-corrected chi connectivity index (χ0v) is 15.2. The average Bonchev–Trinajstić information content (AvgIpc) is 2.61. The number of rotatable bonds is 3. The number of amides is 1. The van der Waals surface area contributed by atoms with Crippen LogP contribution in [0.25, 0.3) is 0 Å². The van der Waals surface area contributed by atoms with Crippen LogP contribution in [0, 0.1) is 37.0 Å². The summed E-state index contributed by atoms with van der Waals surface area (Å²) >= 11 is 0. The van der Waals surface area contributed by atoms with Crippen molar-refractivity contribution in [3.8, 4) is 6.07 Å². The number of likely N-dealkylation sites (tertiary alicyclic amines) is 1. The lowest BCUT2D eigenvalue weighted by Gasteiger charge is -2.41. The number of aryl methyl sites for hydroxylation is 1. The normalized spacial score (nSPS) is 23.0. The molecule has 1 aliphatic carbocycles. The first-order valence-corrected chi connectivity index (χ1v) is 9.41. The standard InChI is InChI=1S/C20H27N3O2/c1-13-17(14(2)22-20(25)18(13)11-21)7-8-19(24)23-10-9-15-5-3-4-6-16(15)12-23/h15-16H,3-10,12H2,1-2H3,(H,22,25)/t15-,16-/m1/s1. The SMILES string of the molecule is Cc1[nH]c(=O)c(C#N)c(C)c1CCC(=O)N1CC[C@H]2CCCC[C@@H]2C1.